The summed E-state index contributed by atoms with van der Waals surface area (Å²) in [6, 6.07) is 14.9. The molecule has 0 fully saturated rings. The standard InChI is InChI=1S/C20H14FN2O/c1-12-9-15-13-6-7-17(21)16(11-22)20(13)24-19(15)10-14(12)18-5-3-4-8-23(18)2/h3-10H,1-2H3/q+1. The number of hydrogen-bond acceptors (Lipinski definition) is 2. The minimum absolute atomic E-state index is 0.0480. The van der Waals surface area contributed by atoms with Gasteiger partial charge in [-0.15, -0.1) is 0 Å². The van der Waals surface area contributed by atoms with Crippen molar-refractivity contribution in [1.29, 1.82) is 5.26 Å². The molecule has 0 aliphatic rings. The van der Waals surface area contributed by atoms with Gasteiger partial charge in [-0.3, -0.25) is 0 Å². The fourth-order valence-electron chi connectivity index (χ4n) is 3.15. The summed E-state index contributed by atoms with van der Waals surface area (Å²) in [5, 5.41) is 10.9. The molecule has 4 rings (SSSR count). The van der Waals surface area contributed by atoms with Gasteiger partial charge in [-0.25, -0.2) is 8.96 Å². The van der Waals surface area contributed by atoms with E-state index >= 15 is 0 Å². The average molecular weight is 317 g/mol. The van der Waals surface area contributed by atoms with Crippen LogP contribution in [0.25, 0.3) is 33.2 Å². The fraction of sp³-hybridized carbons (Fsp3) is 0.100. The first-order valence-corrected chi connectivity index (χ1v) is 7.60. The largest absolute Gasteiger partial charge is 0.455 e. The van der Waals surface area contributed by atoms with E-state index in [2.05, 4.69) is 0 Å². The summed E-state index contributed by atoms with van der Waals surface area (Å²) < 4.78 is 21.7. The monoisotopic (exact) mass is 317 g/mol. The van der Waals surface area contributed by atoms with E-state index in [1.165, 1.54) is 6.07 Å². The number of pyridine rings is 1. The van der Waals surface area contributed by atoms with Crippen LogP contribution in [-0.4, -0.2) is 0 Å². The van der Waals surface area contributed by atoms with Gasteiger partial charge in [-0.2, -0.15) is 5.26 Å². The van der Waals surface area contributed by atoms with Crippen molar-refractivity contribution < 1.29 is 13.4 Å². The van der Waals surface area contributed by atoms with E-state index in [0.29, 0.717) is 11.2 Å². The Balaban J connectivity index is 2.08. The molecule has 0 bridgehead atoms. The van der Waals surface area contributed by atoms with Crippen LogP contribution in [0.3, 0.4) is 0 Å². The quantitative estimate of drug-likeness (QED) is 0.488. The van der Waals surface area contributed by atoms with Crippen LogP contribution in [0.15, 0.2) is 53.1 Å². The van der Waals surface area contributed by atoms with Gasteiger partial charge in [0.1, 0.15) is 30.1 Å². The number of furan rings is 1. The number of aromatic nitrogens is 1. The van der Waals surface area contributed by atoms with E-state index in [-0.39, 0.29) is 5.56 Å². The molecule has 116 valence electrons. The molecule has 0 aliphatic heterocycles. The number of fused-ring (bicyclic) bond motifs is 3. The van der Waals surface area contributed by atoms with E-state index < -0.39 is 5.82 Å². The van der Waals surface area contributed by atoms with Crippen molar-refractivity contribution >= 4 is 21.9 Å². The van der Waals surface area contributed by atoms with Gasteiger partial charge < -0.3 is 4.42 Å². The summed E-state index contributed by atoms with van der Waals surface area (Å²) >= 11 is 0. The van der Waals surface area contributed by atoms with Crippen molar-refractivity contribution in [2.45, 2.75) is 6.92 Å². The summed E-state index contributed by atoms with van der Waals surface area (Å²) in [6.45, 7) is 2.04. The molecule has 0 N–H and O–H groups in total. The van der Waals surface area contributed by atoms with Gasteiger partial charge in [0.2, 0.25) is 5.69 Å². The van der Waals surface area contributed by atoms with Gasteiger partial charge >= 0.3 is 0 Å². The van der Waals surface area contributed by atoms with Crippen LogP contribution in [0.1, 0.15) is 11.1 Å². The molecule has 2 aromatic carbocycles. The Hall–Kier alpha value is -3.19. The van der Waals surface area contributed by atoms with E-state index in [4.69, 9.17) is 4.42 Å². The Morgan fingerprint density at radius 2 is 1.96 bits per heavy atom. The highest BCUT2D eigenvalue weighted by Gasteiger charge is 2.18. The Bertz CT molecular complexity index is 1150. The predicted molar refractivity (Wildman–Crippen MR) is 89.7 cm³/mol. The van der Waals surface area contributed by atoms with Gasteiger partial charge in [-0.1, -0.05) is 0 Å². The van der Waals surface area contributed by atoms with Crippen LogP contribution < -0.4 is 4.57 Å². The van der Waals surface area contributed by atoms with Gasteiger partial charge in [0, 0.05) is 22.9 Å². The second-order valence-electron chi connectivity index (χ2n) is 5.87. The highest BCUT2D eigenvalue weighted by molar-refractivity contribution is 6.07. The number of nitriles is 1. The van der Waals surface area contributed by atoms with Crippen LogP contribution in [0.4, 0.5) is 4.39 Å². The minimum Gasteiger partial charge on any atom is -0.455 e. The number of nitrogens with zero attached hydrogens (tertiary/aromatic N) is 2. The first kappa shape index (κ1) is 14.4. The number of hydrogen-bond donors (Lipinski definition) is 0. The summed E-state index contributed by atoms with van der Waals surface area (Å²) in [7, 11) is 1.99. The summed E-state index contributed by atoms with van der Waals surface area (Å²) in [5.74, 6) is -0.560. The van der Waals surface area contributed by atoms with Crippen LogP contribution in [-0.2, 0) is 7.05 Å². The summed E-state index contributed by atoms with van der Waals surface area (Å²) in [6.07, 6.45) is 1.99. The molecule has 0 saturated heterocycles. The zero-order valence-electron chi connectivity index (χ0n) is 13.3. The van der Waals surface area contributed by atoms with Crippen molar-refractivity contribution in [2.75, 3.05) is 0 Å². The Labute approximate surface area is 138 Å². The average Bonchev–Trinajstić information content (AvgIpc) is 2.92. The van der Waals surface area contributed by atoms with Gasteiger partial charge in [0.25, 0.3) is 0 Å². The molecule has 0 saturated carbocycles. The van der Waals surface area contributed by atoms with Crippen LogP contribution >= 0.6 is 0 Å². The lowest BCUT2D eigenvalue weighted by Gasteiger charge is -2.04. The first-order chi connectivity index (χ1) is 11.6. The van der Waals surface area contributed by atoms with Crippen LogP contribution in [0.2, 0.25) is 0 Å². The molecule has 2 aromatic heterocycles. The SMILES string of the molecule is Cc1cc2c(cc1-c1cccc[n+]1C)oc1c(C#N)c(F)ccc12. The molecular weight excluding hydrogens is 303 g/mol. The van der Waals surface area contributed by atoms with Gasteiger partial charge in [0.15, 0.2) is 11.8 Å². The molecule has 2 heterocycles. The van der Waals surface area contributed by atoms with Crippen molar-refractivity contribution in [3.05, 3.63) is 65.6 Å². The number of rotatable bonds is 1. The zero-order chi connectivity index (χ0) is 16.8. The highest BCUT2D eigenvalue weighted by atomic mass is 19.1. The number of benzene rings is 2. The summed E-state index contributed by atoms with van der Waals surface area (Å²) in [5.41, 5.74) is 4.11. The second kappa shape index (κ2) is 5.17. The molecule has 24 heavy (non-hydrogen) atoms. The zero-order valence-corrected chi connectivity index (χ0v) is 13.3. The smallest absolute Gasteiger partial charge is 0.212 e. The topological polar surface area (TPSA) is 40.8 Å². The molecule has 4 aromatic rings. The fourth-order valence-corrected chi connectivity index (χ4v) is 3.15. The van der Waals surface area contributed by atoms with Gasteiger partial charge in [0.05, 0.1) is 5.56 Å². The maximum absolute atomic E-state index is 13.8. The first-order valence-electron chi connectivity index (χ1n) is 7.60. The lowest BCUT2D eigenvalue weighted by molar-refractivity contribution is -0.660. The minimum atomic E-state index is -0.560. The lowest BCUT2D eigenvalue weighted by atomic mass is 10.0. The van der Waals surface area contributed by atoms with Crippen LogP contribution in [0, 0.1) is 24.1 Å². The van der Waals surface area contributed by atoms with E-state index in [1.54, 1.807) is 6.07 Å². The molecule has 0 amide bonds. The molecule has 0 aliphatic carbocycles. The molecular formula is C20H14FN2O+. The lowest BCUT2D eigenvalue weighted by Crippen LogP contribution is -2.30. The van der Waals surface area contributed by atoms with Crippen molar-refractivity contribution in [3.8, 4) is 17.3 Å². The molecule has 4 heteroatoms. The van der Waals surface area contributed by atoms with E-state index in [0.717, 1.165) is 27.6 Å². The van der Waals surface area contributed by atoms with Crippen molar-refractivity contribution in [1.82, 2.24) is 0 Å². The summed E-state index contributed by atoms with van der Waals surface area (Å²) in [4.78, 5) is 0. The van der Waals surface area contributed by atoms with E-state index in [1.807, 2.05) is 61.1 Å². The maximum atomic E-state index is 13.8. The Morgan fingerprint density at radius 1 is 1.12 bits per heavy atom. The molecule has 0 atom stereocenters. The maximum Gasteiger partial charge on any atom is 0.212 e. The van der Waals surface area contributed by atoms with Crippen molar-refractivity contribution in [2.24, 2.45) is 7.05 Å². The normalized spacial score (nSPS) is 11.1. The number of halogens is 1. The molecule has 0 unspecified atom stereocenters. The predicted octanol–water partition coefficient (Wildman–Crippen LogP) is 4.40. The highest BCUT2D eigenvalue weighted by Crippen LogP contribution is 2.35. The molecule has 3 nitrogen and oxygen atoms in total. The van der Waals surface area contributed by atoms with Crippen LogP contribution in [0.5, 0.6) is 0 Å². The Kier molecular flexibility index (Phi) is 3.10. The van der Waals surface area contributed by atoms with E-state index in [9.17, 15) is 9.65 Å². The third-order valence-corrected chi connectivity index (χ3v) is 4.38. The third-order valence-electron chi connectivity index (χ3n) is 4.38. The number of aryl methyl sites for hydroxylation is 2. The van der Waals surface area contributed by atoms with Gasteiger partial charge in [-0.05, 0) is 42.8 Å². The van der Waals surface area contributed by atoms with Crippen molar-refractivity contribution in [3.63, 3.8) is 0 Å². The molecule has 0 spiro atoms. The second-order valence-corrected chi connectivity index (χ2v) is 5.87. The molecule has 0 radical (unpaired) electrons. The third kappa shape index (κ3) is 1.99. The Morgan fingerprint density at radius 3 is 2.71 bits per heavy atom.